The van der Waals surface area contributed by atoms with E-state index in [2.05, 4.69) is 32.2 Å². The SMILES string of the molecule is CCOc1cc(C=Nc2sc3c(c2C(=O)NCc2ccco2)CC[C@@H](C(C)(C)C)C3)ccc1OCc1ccccc1C#N. The summed E-state index contributed by atoms with van der Waals surface area (Å²) in [5.74, 6) is 2.31. The summed E-state index contributed by atoms with van der Waals surface area (Å²) in [6.07, 6.45) is 6.25. The predicted molar refractivity (Wildman–Crippen MR) is 170 cm³/mol. The van der Waals surface area contributed by atoms with Crippen LogP contribution in [-0.4, -0.2) is 18.7 Å². The maximum atomic E-state index is 13.5. The van der Waals surface area contributed by atoms with Crippen LogP contribution in [0.1, 0.15) is 77.4 Å². The minimum absolute atomic E-state index is 0.133. The minimum atomic E-state index is -0.133. The average Bonchev–Trinajstić information content (AvgIpc) is 3.65. The van der Waals surface area contributed by atoms with Crippen molar-refractivity contribution >= 4 is 28.5 Å². The van der Waals surface area contributed by atoms with E-state index in [0.29, 0.717) is 52.5 Å². The Hall–Kier alpha value is -4.35. The van der Waals surface area contributed by atoms with Gasteiger partial charge in [0.1, 0.15) is 17.4 Å². The van der Waals surface area contributed by atoms with Crippen molar-refractivity contribution in [2.24, 2.45) is 16.3 Å². The van der Waals surface area contributed by atoms with Crippen LogP contribution in [0.2, 0.25) is 0 Å². The number of nitrogens with zero attached hydrogens (tertiary/aromatic N) is 2. The van der Waals surface area contributed by atoms with Crippen molar-refractivity contribution < 1.29 is 18.7 Å². The van der Waals surface area contributed by atoms with Crippen molar-refractivity contribution in [2.45, 2.75) is 60.1 Å². The molecular formula is C35H37N3O4S. The predicted octanol–water partition coefficient (Wildman–Crippen LogP) is 8.02. The highest BCUT2D eigenvalue weighted by Gasteiger charge is 2.33. The number of fused-ring (bicyclic) bond motifs is 1. The third-order valence-electron chi connectivity index (χ3n) is 7.82. The Kier molecular flexibility index (Phi) is 9.32. The number of thiophene rings is 1. The molecule has 0 fully saturated rings. The maximum Gasteiger partial charge on any atom is 0.255 e. The second-order valence-corrected chi connectivity index (χ2v) is 12.8. The molecule has 0 spiro atoms. The van der Waals surface area contributed by atoms with Crippen molar-refractivity contribution in [3.8, 4) is 17.6 Å². The molecule has 0 bridgehead atoms. The van der Waals surface area contributed by atoms with E-state index in [1.54, 1.807) is 29.9 Å². The van der Waals surface area contributed by atoms with Gasteiger partial charge in [-0.1, -0.05) is 39.0 Å². The Bertz CT molecular complexity index is 1640. The Morgan fingerprint density at radius 3 is 2.74 bits per heavy atom. The fraction of sp³-hybridized carbons (Fsp3) is 0.343. The summed E-state index contributed by atoms with van der Waals surface area (Å²) in [6, 6.07) is 18.9. The monoisotopic (exact) mass is 595 g/mol. The van der Waals surface area contributed by atoms with Crippen LogP contribution in [0.4, 0.5) is 5.00 Å². The van der Waals surface area contributed by atoms with Gasteiger partial charge in [-0.25, -0.2) is 4.99 Å². The topological polar surface area (TPSA) is 96.8 Å². The zero-order valence-electron chi connectivity index (χ0n) is 25.1. The smallest absolute Gasteiger partial charge is 0.255 e. The van der Waals surface area contributed by atoms with Crippen molar-refractivity contribution in [1.82, 2.24) is 5.32 Å². The molecule has 0 unspecified atom stereocenters. The van der Waals surface area contributed by atoms with E-state index in [0.717, 1.165) is 36.0 Å². The standard InChI is InChI=1S/C35H37N3O4S/c1-5-40-30-17-23(12-15-29(30)42-22-25-10-7-6-9-24(25)19-36)20-38-34-32(33(39)37-21-27-11-8-16-41-27)28-14-13-26(35(2,3)4)18-31(28)43-34/h6-12,15-17,20,26H,5,13-14,18,21-22H2,1-4H3,(H,37,39)/t26-/m1/s1. The number of carbonyl (C=O) groups excluding carboxylic acids is 1. The molecule has 8 heteroatoms. The number of hydrogen-bond donors (Lipinski definition) is 1. The van der Waals surface area contributed by atoms with Gasteiger partial charge in [-0.3, -0.25) is 4.79 Å². The van der Waals surface area contributed by atoms with E-state index in [9.17, 15) is 10.1 Å². The number of rotatable bonds is 10. The molecule has 0 saturated heterocycles. The Morgan fingerprint density at radius 2 is 2.00 bits per heavy atom. The molecule has 7 nitrogen and oxygen atoms in total. The number of furan rings is 1. The molecule has 0 radical (unpaired) electrons. The van der Waals surface area contributed by atoms with Crippen LogP contribution in [-0.2, 0) is 26.0 Å². The molecule has 222 valence electrons. The van der Waals surface area contributed by atoms with E-state index < -0.39 is 0 Å². The highest BCUT2D eigenvalue weighted by atomic mass is 32.1. The van der Waals surface area contributed by atoms with E-state index >= 15 is 0 Å². The maximum absolute atomic E-state index is 13.5. The Balaban J connectivity index is 1.40. The van der Waals surface area contributed by atoms with Crippen molar-refractivity contribution in [3.63, 3.8) is 0 Å². The van der Waals surface area contributed by atoms with Gasteiger partial charge in [0.15, 0.2) is 11.5 Å². The van der Waals surface area contributed by atoms with Gasteiger partial charge in [-0.2, -0.15) is 5.26 Å². The molecule has 4 aromatic rings. The van der Waals surface area contributed by atoms with Crippen molar-refractivity contribution in [3.05, 3.63) is 99.3 Å². The molecule has 1 aliphatic rings. The van der Waals surface area contributed by atoms with Crippen LogP contribution in [0.5, 0.6) is 11.5 Å². The summed E-state index contributed by atoms with van der Waals surface area (Å²) in [4.78, 5) is 19.6. The van der Waals surface area contributed by atoms with Gasteiger partial charge in [-0.05, 0) is 85.0 Å². The lowest BCUT2D eigenvalue weighted by Gasteiger charge is -2.33. The molecular weight excluding hydrogens is 558 g/mol. The first-order valence-corrected chi connectivity index (χ1v) is 15.4. The Morgan fingerprint density at radius 1 is 1.16 bits per heavy atom. The van der Waals surface area contributed by atoms with E-state index in [-0.39, 0.29) is 17.9 Å². The van der Waals surface area contributed by atoms with Gasteiger partial charge in [-0.15, -0.1) is 11.3 Å². The third-order valence-corrected chi connectivity index (χ3v) is 8.98. The molecule has 2 aromatic heterocycles. The van der Waals surface area contributed by atoms with Crippen LogP contribution >= 0.6 is 11.3 Å². The quantitative estimate of drug-likeness (QED) is 0.187. The second-order valence-electron chi connectivity index (χ2n) is 11.7. The molecule has 1 N–H and O–H groups in total. The summed E-state index contributed by atoms with van der Waals surface area (Å²) in [6.45, 7) is 9.84. The largest absolute Gasteiger partial charge is 0.490 e. The number of nitriles is 1. The highest BCUT2D eigenvalue weighted by molar-refractivity contribution is 7.16. The molecule has 2 aromatic carbocycles. The van der Waals surface area contributed by atoms with Crippen LogP contribution < -0.4 is 14.8 Å². The summed E-state index contributed by atoms with van der Waals surface area (Å²) in [5.41, 5.74) is 4.20. The number of hydrogen-bond acceptors (Lipinski definition) is 7. The van der Waals surface area contributed by atoms with E-state index in [4.69, 9.17) is 18.9 Å². The summed E-state index contributed by atoms with van der Waals surface area (Å²) in [7, 11) is 0. The lowest BCUT2D eigenvalue weighted by atomic mass is 9.72. The molecule has 1 amide bonds. The normalized spacial score (nSPS) is 14.7. The lowest BCUT2D eigenvalue weighted by molar-refractivity contribution is 0.0947. The first-order valence-electron chi connectivity index (χ1n) is 14.6. The highest BCUT2D eigenvalue weighted by Crippen LogP contribution is 2.45. The third kappa shape index (κ3) is 7.18. The summed E-state index contributed by atoms with van der Waals surface area (Å²) < 4.78 is 17.4. The Labute approximate surface area is 257 Å². The van der Waals surface area contributed by atoms with Gasteiger partial charge >= 0.3 is 0 Å². The van der Waals surface area contributed by atoms with Gasteiger partial charge in [0.25, 0.3) is 5.91 Å². The molecule has 2 heterocycles. The number of carbonyl (C=O) groups is 1. The van der Waals surface area contributed by atoms with Gasteiger partial charge in [0, 0.05) is 16.7 Å². The van der Waals surface area contributed by atoms with Crippen LogP contribution in [0.3, 0.4) is 0 Å². The molecule has 0 aliphatic heterocycles. The number of aliphatic imine (C=N–C) groups is 1. The summed E-state index contributed by atoms with van der Waals surface area (Å²) in [5, 5.41) is 13.1. The zero-order chi connectivity index (χ0) is 30.4. The molecule has 0 saturated carbocycles. The van der Waals surface area contributed by atoms with Crippen LogP contribution in [0.15, 0.2) is 70.3 Å². The average molecular weight is 596 g/mol. The first-order chi connectivity index (χ1) is 20.8. The fourth-order valence-corrected chi connectivity index (χ4v) is 6.61. The van der Waals surface area contributed by atoms with Crippen LogP contribution in [0, 0.1) is 22.7 Å². The van der Waals surface area contributed by atoms with Crippen molar-refractivity contribution in [1.29, 1.82) is 5.26 Å². The zero-order valence-corrected chi connectivity index (χ0v) is 25.9. The number of ether oxygens (including phenoxy) is 2. The number of amides is 1. The number of benzene rings is 2. The minimum Gasteiger partial charge on any atom is -0.490 e. The van der Waals surface area contributed by atoms with Gasteiger partial charge in [0.05, 0.1) is 36.6 Å². The summed E-state index contributed by atoms with van der Waals surface area (Å²) >= 11 is 1.62. The fourth-order valence-electron chi connectivity index (χ4n) is 5.34. The number of nitrogens with one attached hydrogen (secondary N) is 1. The molecule has 1 atom stereocenters. The molecule has 1 aliphatic carbocycles. The van der Waals surface area contributed by atoms with Crippen LogP contribution in [0.25, 0.3) is 0 Å². The van der Waals surface area contributed by atoms with Gasteiger partial charge < -0.3 is 19.2 Å². The van der Waals surface area contributed by atoms with E-state index in [1.165, 1.54) is 4.88 Å². The van der Waals surface area contributed by atoms with Crippen molar-refractivity contribution in [2.75, 3.05) is 6.61 Å². The van der Waals surface area contributed by atoms with Gasteiger partial charge in [0.2, 0.25) is 0 Å². The molecule has 5 rings (SSSR count). The first kappa shape index (κ1) is 30.1. The lowest BCUT2D eigenvalue weighted by Crippen LogP contribution is -2.28. The second kappa shape index (κ2) is 13.3. The van der Waals surface area contributed by atoms with E-state index in [1.807, 2.05) is 55.5 Å². The molecule has 43 heavy (non-hydrogen) atoms.